The monoisotopic (exact) mass is 577 g/mol. The molecule has 190 valence electrons. The number of hydrogen-bond acceptors (Lipinski definition) is 5. The van der Waals surface area contributed by atoms with Crippen molar-refractivity contribution in [2.45, 2.75) is 31.6 Å². The van der Waals surface area contributed by atoms with Crippen LogP contribution in [0.5, 0.6) is 0 Å². The topological polar surface area (TPSA) is 78.5 Å². The Bertz CT molecular complexity index is 1310. The lowest BCUT2D eigenvalue weighted by molar-refractivity contribution is -0.137. The third kappa shape index (κ3) is 7.11. The molecule has 0 saturated carbocycles. The summed E-state index contributed by atoms with van der Waals surface area (Å²) in [5.41, 5.74) is 2.79. The van der Waals surface area contributed by atoms with Crippen molar-refractivity contribution in [2.24, 2.45) is 5.92 Å². The van der Waals surface area contributed by atoms with Crippen LogP contribution in [-0.2, 0) is 20.8 Å². The summed E-state index contributed by atoms with van der Waals surface area (Å²) in [6.07, 6.45) is 1.06. The van der Waals surface area contributed by atoms with Crippen LogP contribution in [0.15, 0.2) is 98.8 Å². The molecule has 0 fully saturated rings. The molecule has 0 saturated heterocycles. The molecule has 3 aromatic carbocycles. The van der Waals surface area contributed by atoms with Crippen LogP contribution in [0.1, 0.15) is 25.8 Å². The SMILES string of the molecule is CC(C)CN1C(=O)C(Nc2ccc(Br)cc2)=C(Sc2ccc(NC(=O)CCc3ccccc3)cc2)C1=O. The zero-order valence-corrected chi connectivity index (χ0v) is 23.1. The molecule has 6 nitrogen and oxygen atoms in total. The highest BCUT2D eigenvalue weighted by Gasteiger charge is 2.39. The first-order chi connectivity index (χ1) is 17.8. The van der Waals surface area contributed by atoms with Gasteiger partial charge in [-0.25, -0.2) is 0 Å². The highest BCUT2D eigenvalue weighted by molar-refractivity contribution is 9.10. The van der Waals surface area contributed by atoms with Crippen LogP contribution in [0.3, 0.4) is 0 Å². The summed E-state index contributed by atoms with van der Waals surface area (Å²) in [5, 5.41) is 6.07. The van der Waals surface area contributed by atoms with E-state index in [9.17, 15) is 14.4 Å². The first kappa shape index (κ1) is 26.7. The van der Waals surface area contributed by atoms with Gasteiger partial charge in [0.15, 0.2) is 0 Å². The fourth-order valence-electron chi connectivity index (χ4n) is 3.82. The summed E-state index contributed by atoms with van der Waals surface area (Å²) in [5.74, 6) is -0.544. The quantitative estimate of drug-likeness (QED) is 0.270. The Morgan fingerprint density at radius 1 is 0.892 bits per heavy atom. The van der Waals surface area contributed by atoms with E-state index in [0.29, 0.717) is 30.0 Å². The largest absolute Gasteiger partial charge is 0.350 e. The van der Waals surface area contributed by atoms with Crippen molar-refractivity contribution < 1.29 is 14.4 Å². The Balaban J connectivity index is 1.46. The van der Waals surface area contributed by atoms with Crippen LogP contribution in [0.4, 0.5) is 11.4 Å². The molecular formula is C29H28BrN3O3S. The molecule has 0 aromatic heterocycles. The zero-order valence-electron chi connectivity index (χ0n) is 20.7. The van der Waals surface area contributed by atoms with Crippen LogP contribution in [0.25, 0.3) is 0 Å². The lowest BCUT2D eigenvalue weighted by Crippen LogP contribution is -2.35. The number of carbonyl (C=O) groups excluding carboxylic acids is 3. The van der Waals surface area contributed by atoms with Crippen molar-refractivity contribution in [3.05, 3.63) is 99.5 Å². The smallest absolute Gasteiger partial charge is 0.278 e. The lowest BCUT2D eigenvalue weighted by atomic mass is 10.1. The van der Waals surface area contributed by atoms with Crippen LogP contribution >= 0.6 is 27.7 Å². The second-order valence-electron chi connectivity index (χ2n) is 9.11. The molecule has 1 aliphatic rings. The number of aryl methyl sites for hydroxylation is 1. The number of rotatable bonds is 10. The average molecular weight is 579 g/mol. The predicted octanol–water partition coefficient (Wildman–Crippen LogP) is 6.46. The molecular weight excluding hydrogens is 550 g/mol. The third-order valence-electron chi connectivity index (χ3n) is 5.63. The molecule has 0 atom stereocenters. The van der Waals surface area contributed by atoms with Crippen molar-refractivity contribution in [1.29, 1.82) is 0 Å². The molecule has 1 heterocycles. The van der Waals surface area contributed by atoms with Crippen LogP contribution in [0, 0.1) is 5.92 Å². The van der Waals surface area contributed by atoms with E-state index < -0.39 is 0 Å². The maximum absolute atomic E-state index is 13.2. The van der Waals surface area contributed by atoms with Crippen molar-refractivity contribution >= 4 is 56.8 Å². The first-order valence-corrected chi connectivity index (χ1v) is 13.7. The molecule has 4 rings (SSSR count). The minimum Gasteiger partial charge on any atom is -0.350 e. The maximum Gasteiger partial charge on any atom is 0.278 e. The van der Waals surface area contributed by atoms with E-state index in [0.717, 1.165) is 20.6 Å². The number of imide groups is 1. The summed E-state index contributed by atoms with van der Waals surface area (Å²) < 4.78 is 0.920. The number of hydrogen-bond donors (Lipinski definition) is 2. The average Bonchev–Trinajstić information content (AvgIpc) is 3.09. The maximum atomic E-state index is 13.2. The predicted molar refractivity (Wildman–Crippen MR) is 152 cm³/mol. The molecule has 0 radical (unpaired) electrons. The molecule has 8 heteroatoms. The Labute approximate surface area is 229 Å². The highest BCUT2D eigenvalue weighted by Crippen LogP contribution is 2.36. The Kier molecular flexibility index (Phi) is 8.84. The van der Waals surface area contributed by atoms with Crippen molar-refractivity contribution in [1.82, 2.24) is 4.90 Å². The number of anilines is 2. The summed E-state index contributed by atoms with van der Waals surface area (Å²) >= 11 is 4.66. The number of nitrogens with one attached hydrogen (secondary N) is 2. The molecule has 3 aromatic rings. The van der Waals surface area contributed by atoms with E-state index in [1.54, 1.807) is 12.1 Å². The number of amides is 3. The standard InChI is InChI=1S/C29H28BrN3O3S/c1-19(2)18-33-28(35)26(32-23-11-9-21(30)10-12-23)27(29(33)36)37-24-15-13-22(14-16-24)31-25(34)17-8-20-6-4-3-5-7-20/h3-7,9-16,19,32H,8,17-18H2,1-2H3,(H,31,34). The first-order valence-electron chi connectivity index (χ1n) is 12.0. The van der Waals surface area contributed by atoms with E-state index in [1.807, 2.05) is 80.6 Å². The molecule has 0 aliphatic carbocycles. The number of nitrogens with zero attached hydrogens (tertiary/aromatic N) is 1. The fraction of sp³-hybridized carbons (Fsp3) is 0.207. The summed E-state index contributed by atoms with van der Waals surface area (Å²) in [6, 6.07) is 24.6. The summed E-state index contributed by atoms with van der Waals surface area (Å²) in [6.45, 7) is 4.29. The van der Waals surface area contributed by atoms with Gasteiger partial charge in [0.1, 0.15) is 10.6 Å². The fourth-order valence-corrected chi connectivity index (χ4v) is 5.03. The summed E-state index contributed by atoms with van der Waals surface area (Å²) in [7, 11) is 0. The van der Waals surface area contributed by atoms with Gasteiger partial charge >= 0.3 is 0 Å². The van der Waals surface area contributed by atoms with E-state index >= 15 is 0 Å². The van der Waals surface area contributed by atoms with E-state index in [4.69, 9.17) is 0 Å². The molecule has 37 heavy (non-hydrogen) atoms. The molecule has 0 bridgehead atoms. The van der Waals surface area contributed by atoms with Gasteiger partial charge in [0.25, 0.3) is 11.8 Å². The summed E-state index contributed by atoms with van der Waals surface area (Å²) in [4.78, 5) is 41.2. The van der Waals surface area contributed by atoms with Gasteiger partial charge in [-0.3, -0.25) is 19.3 Å². The van der Waals surface area contributed by atoms with Crippen molar-refractivity contribution in [2.75, 3.05) is 17.2 Å². The van der Waals surface area contributed by atoms with Gasteiger partial charge in [-0.15, -0.1) is 0 Å². The number of benzene rings is 3. The number of thioether (sulfide) groups is 1. The zero-order chi connectivity index (χ0) is 26.4. The Morgan fingerprint density at radius 3 is 2.19 bits per heavy atom. The van der Waals surface area contributed by atoms with E-state index in [2.05, 4.69) is 26.6 Å². The van der Waals surface area contributed by atoms with Gasteiger partial charge in [-0.1, -0.05) is 71.9 Å². The van der Waals surface area contributed by atoms with Gasteiger partial charge < -0.3 is 10.6 Å². The van der Waals surface area contributed by atoms with Crippen LogP contribution in [-0.4, -0.2) is 29.2 Å². The number of halogens is 1. The van der Waals surface area contributed by atoms with E-state index in [1.165, 1.54) is 16.7 Å². The minimum atomic E-state index is -0.327. The normalized spacial score (nSPS) is 13.5. The third-order valence-corrected chi connectivity index (χ3v) is 7.25. The van der Waals surface area contributed by atoms with Crippen molar-refractivity contribution in [3.63, 3.8) is 0 Å². The van der Waals surface area contributed by atoms with Crippen molar-refractivity contribution in [3.8, 4) is 0 Å². The molecule has 2 N–H and O–H groups in total. The lowest BCUT2D eigenvalue weighted by Gasteiger charge is -2.17. The van der Waals surface area contributed by atoms with E-state index in [-0.39, 0.29) is 29.3 Å². The minimum absolute atomic E-state index is 0.0613. The van der Waals surface area contributed by atoms with Crippen LogP contribution in [0.2, 0.25) is 0 Å². The molecule has 0 unspecified atom stereocenters. The highest BCUT2D eigenvalue weighted by atomic mass is 79.9. The second-order valence-corrected chi connectivity index (χ2v) is 11.1. The molecule has 0 spiro atoms. The molecule has 1 aliphatic heterocycles. The van der Waals surface area contributed by atoms with Gasteiger partial charge in [-0.2, -0.15) is 0 Å². The Hall–Kier alpha value is -3.36. The number of carbonyl (C=O) groups is 3. The van der Waals surface area contributed by atoms with Gasteiger partial charge in [-0.05, 0) is 66.4 Å². The van der Waals surface area contributed by atoms with Crippen LogP contribution < -0.4 is 10.6 Å². The second kappa shape index (κ2) is 12.3. The Morgan fingerprint density at radius 2 is 1.54 bits per heavy atom. The van der Waals surface area contributed by atoms with Gasteiger partial charge in [0.2, 0.25) is 5.91 Å². The van der Waals surface area contributed by atoms with Gasteiger partial charge in [0.05, 0.1) is 0 Å². The molecule has 3 amide bonds. The van der Waals surface area contributed by atoms with Gasteiger partial charge in [0, 0.05) is 33.7 Å².